The zero-order valence-corrected chi connectivity index (χ0v) is 10.4. The molecule has 2 rings (SSSR count). The molecule has 0 aliphatic rings. The summed E-state index contributed by atoms with van der Waals surface area (Å²) in [4.78, 5) is 0. The normalized spacial score (nSPS) is 12.6. The third-order valence-corrected chi connectivity index (χ3v) is 2.88. The minimum atomic E-state index is -0.0536. The van der Waals surface area contributed by atoms with Crippen LogP contribution in [-0.4, -0.2) is 0 Å². The number of aryl methyl sites for hydroxylation is 1. The maximum atomic E-state index is 5.81. The highest BCUT2D eigenvalue weighted by molar-refractivity contribution is 5.62. The van der Waals surface area contributed by atoms with Gasteiger partial charge in [0, 0.05) is 5.56 Å². The van der Waals surface area contributed by atoms with Crippen molar-refractivity contribution in [3.63, 3.8) is 0 Å². The summed E-state index contributed by atoms with van der Waals surface area (Å²) in [5.74, 6) is 1.76. The van der Waals surface area contributed by atoms with Crippen molar-refractivity contribution in [1.82, 2.24) is 0 Å². The average molecular weight is 229 g/mol. The Hall–Kier alpha value is -1.54. The molecule has 2 N–H and O–H groups in total. The molecule has 0 aliphatic carbocycles. The van der Waals surface area contributed by atoms with Gasteiger partial charge in [0.05, 0.1) is 6.04 Å². The largest absolute Gasteiger partial charge is 0.459 e. The summed E-state index contributed by atoms with van der Waals surface area (Å²) < 4.78 is 5.79. The van der Waals surface area contributed by atoms with Gasteiger partial charge in [-0.25, -0.2) is 0 Å². The summed E-state index contributed by atoms with van der Waals surface area (Å²) in [7, 11) is 0. The van der Waals surface area contributed by atoms with Crippen molar-refractivity contribution in [3.05, 3.63) is 47.7 Å². The molecule has 1 heterocycles. The number of hydrogen-bond donors (Lipinski definition) is 1. The van der Waals surface area contributed by atoms with E-state index in [-0.39, 0.29) is 6.04 Å². The van der Waals surface area contributed by atoms with Crippen LogP contribution in [0.4, 0.5) is 0 Å². The molecule has 0 aliphatic heterocycles. The van der Waals surface area contributed by atoms with E-state index in [1.807, 2.05) is 25.1 Å². The fraction of sp³-hybridized carbons (Fsp3) is 0.333. The van der Waals surface area contributed by atoms with E-state index in [9.17, 15) is 0 Å². The lowest BCUT2D eigenvalue weighted by Crippen LogP contribution is -2.02. The first-order valence-electron chi connectivity index (χ1n) is 6.16. The second kappa shape index (κ2) is 5.19. The minimum absolute atomic E-state index is 0.0536. The van der Waals surface area contributed by atoms with Crippen LogP contribution in [-0.2, 0) is 6.42 Å². The Morgan fingerprint density at radius 1 is 1.18 bits per heavy atom. The topological polar surface area (TPSA) is 39.2 Å². The molecule has 0 fully saturated rings. The van der Waals surface area contributed by atoms with Gasteiger partial charge in [-0.3, -0.25) is 0 Å². The molecule has 0 saturated carbocycles. The summed E-state index contributed by atoms with van der Waals surface area (Å²) in [6, 6.07) is 12.3. The van der Waals surface area contributed by atoms with Crippen LogP contribution < -0.4 is 5.73 Å². The first-order valence-corrected chi connectivity index (χ1v) is 6.16. The van der Waals surface area contributed by atoms with Crippen molar-refractivity contribution in [2.24, 2.45) is 5.73 Å². The second-order valence-electron chi connectivity index (χ2n) is 4.40. The fourth-order valence-corrected chi connectivity index (χ4v) is 1.99. The Morgan fingerprint density at radius 3 is 2.59 bits per heavy atom. The third kappa shape index (κ3) is 2.59. The molecule has 0 bridgehead atoms. The second-order valence-corrected chi connectivity index (χ2v) is 4.40. The maximum Gasteiger partial charge on any atom is 0.134 e. The van der Waals surface area contributed by atoms with Crippen molar-refractivity contribution in [1.29, 1.82) is 0 Å². The summed E-state index contributed by atoms with van der Waals surface area (Å²) in [6.07, 6.45) is 2.21. The van der Waals surface area contributed by atoms with Gasteiger partial charge in [-0.2, -0.15) is 0 Å². The van der Waals surface area contributed by atoms with Crippen LogP contribution in [0.1, 0.15) is 37.6 Å². The molecule has 1 unspecified atom stereocenters. The number of furan rings is 1. The molecule has 1 atom stereocenters. The molecule has 0 radical (unpaired) electrons. The Kier molecular flexibility index (Phi) is 3.64. The predicted octanol–water partition coefficient (Wildman–Crippen LogP) is 3.92. The van der Waals surface area contributed by atoms with Crippen molar-refractivity contribution >= 4 is 0 Å². The van der Waals surface area contributed by atoms with Crippen molar-refractivity contribution < 1.29 is 4.42 Å². The van der Waals surface area contributed by atoms with Crippen LogP contribution in [0, 0.1) is 0 Å². The van der Waals surface area contributed by atoms with Crippen LogP contribution >= 0.6 is 0 Å². The fourth-order valence-electron chi connectivity index (χ4n) is 1.99. The summed E-state index contributed by atoms with van der Waals surface area (Å²) in [5, 5.41) is 0. The van der Waals surface area contributed by atoms with E-state index < -0.39 is 0 Å². The molecule has 2 heteroatoms. The van der Waals surface area contributed by atoms with Gasteiger partial charge < -0.3 is 10.2 Å². The Labute approximate surface area is 102 Å². The van der Waals surface area contributed by atoms with Gasteiger partial charge >= 0.3 is 0 Å². The van der Waals surface area contributed by atoms with Gasteiger partial charge in [-0.15, -0.1) is 0 Å². The molecule has 2 aromatic rings. The van der Waals surface area contributed by atoms with E-state index in [0.717, 1.165) is 24.4 Å². The zero-order chi connectivity index (χ0) is 12.3. The Morgan fingerprint density at radius 2 is 1.94 bits per heavy atom. The van der Waals surface area contributed by atoms with Crippen LogP contribution in [0.3, 0.4) is 0 Å². The predicted molar refractivity (Wildman–Crippen MR) is 70.7 cm³/mol. The molecule has 0 saturated heterocycles. The van der Waals surface area contributed by atoms with E-state index in [1.165, 1.54) is 11.1 Å². The summed E-state index contributed by atoms with van der Waals surface area (Å²) in [6.45, 7) is 4.12. The van der Waals surface area contributed by atoms with Crippen LogP contribution in [0.25, 0.3) is 11.3 Å². The molecule has 0 spiro atoms. The molecular formula is C15H19NO. The SMILES string of the molecule is CCCc1ccccc1-c1ccc(C(C)N)o1. The van der Waals surface area contributed by atoms with Crippen LogP contribution in [0.5, 0.6) is 0 Å². The smallest absolute Gasteiger partial charge is 0.134 e. The van der Waals surface area contributed by atoms with Gasteiger partial charge in [0.25, 0.3) is 0 Å². The van der Waals surface area contributed by atoms with Gasteiger partial charge in [-0.05, 0) is 31.0 Å². The first kappa shape index (κ1) is 11.9. The lowest BCUT2D eigenvalue weighted by Gasteiger charge is -2.06. The van der Waals surface area contributed by atoms with E-state index in [0.29, 0.717) is 0 Å². The number of benzene rings is 1. The van der Waals surface area contributed by atoms with Gasteiger partial charge in [0.1, 0.15) is 11.5 Å². The summed E-state index contributed by atoms with van der Waals surface area (Å²) in [5.41, 5.74) is 8.32. The number of hydrogen-bond acceptors (Lipinski definition) is 2. The molecule has 1 aromatic carbocycles. The van der Waals surface area contributed by atoms with Crippen molar-refractivity contribution in [3.8, 4) is 11.3 Å². The quantitative estimate of drug-likeness (QED) is 0.863. The highest BCUT2D eigenvalue weighted by Crippen LogP contribution is 2.28. The van der Waals surface area contributed by atoms with E-state index in [4.69, 9.17) is 10.2 Å². The first-order chi connectivity index (χ1) is 8.22. The van der Waals surface area contributed by atoms with Gasteiger partial charge in [-0.1, -0.05) is 37.6 Å². The van der Waals surface area contributed by atoms with E-state index in [2.05, 4.69) is 25.1 Å². The highest BCUT2D eigenvalue weighted by Gasteiger charge is 2.10. The third-order valence-electron chi connectivity index (χ3n) is 2.88. The van der Waals surface area contributed by atoms with Gasteiger partial charge in [0.2, 0.25) is 0 Å². The molecule has 0 amide bonds. The molecule has 17 heavy (non-hydrogen) atoms. The lowest BCUT2D eigenvalue weighted by atomic mass is 10.0. The molecule has 2 nitrogen and oxygen atoms in total. The van der Waals surface area contributed by atoms with Crippen LogP contribution in [0.15, 0.2) is 40.8 Å². The molecular weight excluding hydrogens is 210 g/mol. The zero-order valence-electron chi connectivity index (χ0n) is 10.4. The van der Waals surface area contributed by atoms with Crippen LogP contribution in [0.2, 0.25) is 0 Å². The Balaban J connectivity index is 2.38. The van der Waals surface area contributed by atoms with Crippen molar-refractivity contribution in [2.75, 3.05) is 0 Å². The molecule has 1 aromatic heterocycles. The van der Waals surface area contributed by atoms with Gasteiger partial charge in [0.15, 0.2) is 0 Å². The average Bonchev–Trinajstić information content (AvgIpc) is 2.79. The maximum absolute atomic E-state index is 5.81. The van der Waals surface area contributed by atoms with Crippen molar-refractivity contribution in [2.45, 2.75) is 32.7 Å². The minimum Gasteiger partial charge on any atom is -0.459 e. The number of nitrogens with two attached hydrogens (primary N) is 1. The number of rotatable bonds is 4. The van der Waals surface area contributed by atoms with E-state index in [1.54, 1.807) is 0 Å². The monoisotopic (exact) mass is 229 g/mol. The summed E-state index contributed by atoms with van der Waals surface area (Å²) >= 11 is 0. The lowest BCUT2D eigenvalue weighted by molar-refractivity contribution is 0.490. The van der Waals surface area contributed by atoms with E-state index >= 15 is 0 Å². The Bertz CT molecular complexity index is 485. The standard InChI is InChI=1S/C15H19NO/c1-3-6-12-7-4-5-8-13(12)15-10-9-14(17-15)11(2)16/h4-5,7-11H,3,6,16H2,1-2H3. The highest BCUT2D eigenvalue weighted by atomic mass is 16.3. The molecule has 90 valence electrons.